The molecule has 1 rings (SSSR count). The number of halogens is 1. The molecule has 1 N–H and O–H groups in total. The van der Waals surface area contributed by atoms with E-state index in [2.05, 4.69) is 0 Å². The molecule has 0 aliphatic carbocycles. The van der Waals surface area contributed by atoms with Gasteiger partial charge in [-0.2, -0.15) is 0 Å². The maximum Gasteiger partial charge on any atom is 0.325 e. The smallest absolute Gasteiger partial charge is 0.325 e. The quantitative estimate of drug-likeness (QED) is 0.835. The van der Waals surface area contributed by atoms with E-state index in [9.17, 15) is 14.3 Å². The molecule has 4 heteroatoms. The number of benzene rings is 1. The van der Waals surface area contributed by atoms with Crippen molar-refractivity contribution in [2.45, 2.75) is 19.9 Å². The molecule has 1 aromatic carbocycles. The molecule has 1 atom stereocenters. The van der Waals surface area contributed by atoms with Crippen LogP contribution in [0, 0.1) is 5.82 Å². The van der Waals surface area contributed by atoms with Crippen LogP contribution in [0.1, 0.15) is 25.5 Å². The number of hydrogen-bond donors (Lipinski definition) is 1. The van der Waals surface area contributed by atoms with Crippen molar-refractivity contribution >= 4 is 5.97 Å². The molecular formula is C12H16FNO2. The van der Waals surface area contributed by atoms with E-state index in [-0.39, 0.29) is 5.82 Å². The summed E-state index contributed by atoms with van der Waals surface area (Å²) < 4.78 is 12.8. The highest BCUT2D eigenvalue weighted by molar-refractivity contribution is 5.75. The van der Waals surface area contributed by atoms with Gasteiger partial charge in [-0.3, -0.25) is 9.69 Å². The molecule has 16 heavy (non-hydrogen) atoms. The molecule has 88 valence electrons. The largest absolute Gasteiger partial charge is 0.480 e. The molecule has 0 aliphatic heterocycles. The van der Waals surface area contributed by atoms with E-state index in [0.717, 1.165) is 0 Å². The molecule has 0 amide bonds. The molecule has 0 heterocycles. The minimum Gasteiger partial charge on any atom is -0.480 e. The Morgan fingerprint density at radius 3 is 2.19 bits per heavy atom. The first-order chi connectivity index (χ1) is 7.60. The lowest BCUT2D eigenvalue weighted by Gasteiger charge is -2.26. The fourth-order valence-corrected chi connectivity index (χ4v) is 1.74. The highest BCUT2D eigenvalue weighted by atomic mass is 19.1. The summed E-state index contributed by atoms with van der Waals surface area (Å²) in [4.78, 5) is 13.0. The maximum atomic E-state index is 12.8. The third-order valence-electron chi connectivity index (χ3n) is 2.60. The predicted octanol–water partition coefficient (Wildman–Crippen LogP) is 2.29. The van der Waals surface area contributed by atoms with Crippen LogP contribution in [-0.4, -0.2) is 29.1 Å². The topological polar surface area (TPSA) is 40.5 Å². The van der Waals surface area contributed by atoms with Crippen LogP contribution in [-0.2, 0) is 4.79 Å². The number of nitrogens with zero attached hydrogens (tertiary/aromatic N) is 1. The normalized spacial score (nSPS) is 12.8. The van der Waals surface area contributed by atoms with Gasteiger partial charge in [0.2, 0.25) is 0 Å². The molecule has 0 saturated carbocycles. The molecule has 0 spiro atoms. The van der Waals surface area contributed by atoms with Crippen LogP contribution >= 0.6 is 0 Å². The Morgan fingerprint density at radius 2 is 1.81 bits per heavy atom. The lowest BCUT2D eigenvalue weighted by atomic mass is 10.1. The van der Waals surface area contributed by atoms with E-state index in [1.165, 1.54) is 24.3 Å². The molecule has 3 nitrogen and oxygen atoms in total. The van der Waals surface area contributed by atoms with E-state index in [1.807, 2.05) is 18.7 Å². The molecule has 0 saturated heterocycles. The van der Waals surface area contributed by atoms with Crippen LogP contribution < -0.4 is 0 Å². The van der Waals surface area contributed by atoms with Gasteiger partial charge in [0.15, 0.2) is 0 Å². The summed E-state index contributed by atoms with van der Waals surface area (Å²) in [7, 11) is 0. The molecule has 0 bridgehead atoms. The van der Waals surface area contributed by atoms with Crippen molar-refractivity contribution in [3.63, 3.8) is 0 Å². The van der Waals surface area contributed by atoms with Gasteiger partial charge in [0.25, 0.3) is 0 Å². The van der Waals surface area contributed by atoms with Gasteiger partial charge in [0, 0.05) is 0 Å². The van der Waals surface area contributed by atoms with Gasteiger partial charge in [-0.05, 0) is 30.8 Å². The predicted molar refractivity (Wildman–Crippen MR) is 59.7 cm³/mol. The summed E-state index contributed by atoms with van der Waals surface area (Å²) >= 11 is 0. The van der Waals surface area contributed by atoms with Gasteiger partial charge < -0.3 is 5.11 Å². The summed E-state index contributed by atoms with van der Waals surface area (Å²) in [5, 5.41) is 9.19. The Kier molecular flexibility index (Phi) is 4.43. The third kappa shape index (κ3) is 2.79. The number of likely N-dealkylation sites (N-methyl/N-ethyl adjacent to an activating group) is 1. The van der Waals surface area contributed by atoms with Crippen molar-refractivity contribution in [3.05, 3.63) is 35.6 Å². The fourth-order valence-electron chi connectivity index (χ4n) is 1.74. The summed E-state index contributed by atoms with van der Waals surface area (Å²) in [6.45, 7) is 5.10. The van der Waals surface area contributed by atoms with Gasteiger partial charge in [0.1, 0.15) is 11.9 Å². The number of rotatable bonds is 5. The van der Waals surface area contributed by atoms with Crippen molar-refractivity contribution in [3.8, 4) is 0 Å². The first kappa shape index (κ1) is 12.6. The second-order valence-corrected chi connectivity index (χ2v) is 3.51. The number of hydrogen-bond acceptors (Lipinski definition) is 2. The van der Waals surface area contributed by atoms with Crippen molar-refractivity contribution < 1.29 is 14.3 Å². The van der Waals surface area contributed by atoms with Gasteiger partial charge in [-0.15, -0.1) is 0 Å². The lowest BCUT2D eigenvalue weighted by molar-refractivity contribution is -0.143. The molecule has 0 fully saturated rings. The fraction of sp³-hybridized carbons (Fsp3) is 0.417. The van der Waals surface area contributed by atoms with E-state index < -0.39 is 12.0 Å². The van der Waals surface area contributed by atoms with Crippen molar-refractivity contribution in [1.29, 1.82) is 0 Å². The Morgan fingerprint density at radius 1 is 1.31 bits per heavy atom. The van der Waals surface area contributed by atoms with Crippen LogP contribution in [0.15, 0.2) is 24.3 Å². The first-order valence-corrected chi connectivity index (χ1v) is 5.32. The van der Waals surface area contributed by atoms with Crippen LogP contribution in [0.4, 0.5) is 4.39 Å². The van der Waals surface area contributed by atoms with E-state index in [1.54, 1.807) is 0 Å². The average molecular weight is 225 g/mol. The van der Waals surface area contributed by atoms with Crippen LogP contribution in [0.2, 0.25) is 0 Å². The van der Waals surface area contributed by atoms with Crippen molar-refractivity contribution in [2.24, 2.45) is 0 Å². The molecule has 1 aromatic rings. The SMILES string of the molecule is CCN(CC)C(C(=O)O)c1ccc(F)cc1. The molecule has 0 aliphatic rings. The van der Waals surface area contributed by atoms with E-state index in [0.29, 0.717) is 18.7 Å². The Hall–Kier alpha value is -1.42. The standard InChI is InChI=1S/C12H16FNO2/c1-3-14(4-2)11(12(15)16)9-5-7-10(13)8-6-9/h5-8,11H,3-4H2,1-2H3,(H,15,16). The Bertz CT molecular complexity index is 347. The number of carboxylic acid groups (broad SMARTS) is 1. The summed E-state index contributed by atoms with van der Waals surface area (Å²) in [6, 6.07) is 4.91. The molecule has 0 aromatic heterocycles. The monoisotopic (exact) mass is 225 g/mol. The van der Waals surface area contributed by atoms with Crippen LogP contribution in [0.5, 0.6) is 0 Å². The highest BCUT2D eigenvalue weighted by Crippen LogP contribution is 2.20. The van der Waals surface area contributed by atoms with E-state index in [4.69, 9.17) is 0 Å². The molecule has 1 unspecified atom stereocenters. The summed E-state index contributed by atoms with van der Waals surface area (Å²) in [5.74, 6) is -1.26. The lowest BCUT2D eigenvalue weighted by Crippen LogP contribution is -2.33. The van der Waals surface area contributed by atoms with Crippen molar-refractivity contribution in [1.82, 2.24) is 4.90 Å². The summed E-state index contributed by atoms with van der Waals surface area (Å²) in [5.41, 5.74) is 0.609. The number of carbonyl (C=O) groups is 1. The Labute approximate surface area is 94.5 Å². The van der Waals surface area contributed by atoms with Gasteiger partial charge in [-0.25, -0.2) is 4.39 Å². The number of carboxylic acids is 1. The molecule has 0 radical (unpaired) electrons. The van der Waals surface area contributed by atoms with Gasteiger partial charge >= 0.3 is 5.97 Å². The average Bonchev–Trinajstić information content (AvgIpc) is 2.27. The zero-order chi connectivity index (χ0) is 12.1. The minimum atomic E-state index is -0.907. The number of aliphatic carboxylic acids is 1. The first-order valence-electron chi connectivity index (χ1n) is 5.32. The second kappa shape index (κ2) is 5.61. The van der Waals surface area contributed by atoms with Gasteiger partial charge in [-0.1, -0.05) is 26.0 Å². The summed E-state index contributed by atoms with van der Waals surface area (Å²) in [6.07, 6.45) is 0. The van der Waals surface area contributed by atoms with E-state index >= 15 is 0 Å². The minimum absolute atomic E-state index is 0.354. The van der Waals surface area contributed by atoms with Crippen LogP contribution in [0.3, 0.4) is 0 Å². The zero-order valence-corrected chi connectivity index (χ0v) is 9.48. The zero-order valence-electron chi connectivity index (χ0n) is 9.48. The second-order valence-electron chi connectivity index (χ2n) is 3.51. The van der Waals surface area contributed by atoms with Crippen molar-refractivity contribution in [2.75, 3.05) is 13.1 Å². The highest BCUT2D eigenvalue weighted by Gasteiger charge is 2.24. The Balaban J connectivity index is 3.02. The third-order valence-corrected chi connectivity index (χ3v) is 2.60. The van der Waals surface area contributed by atoms with Crippen LogP contribution in [0.25, 0.3) is 0 Å². The maximum absolute atomic E-state index is 12.8. The molecular weight excluding hydrogens is 209 g/mol. The van der Waals surface area contributed by atoms with Gasteiger partial charge in [0.05, 0.1) is 0 Å².